The van der Waals surface area contributed by atoms with Crippen LogP contribution in [0.3, 0.4) is 0 Å². The van der Waals surface area contributed by atoms with Gasteiger partial charge in [-0.2, -0.15) is 4.73 Å². The van der Waals surface area contributed by atoms with E-state index in [1.54, 1.807) is 37.5 Å². The highest BCUT2D eigenvalue weighted by Gasteiger charge is 2.20. The molecule has 3 rings (SSSR count). The summed E-state index contributed by atoms with van der Waals surface area (Å²) in [5.41, 5.74) is 1.20. The van der Waals surface area contributed by atoms with Crippen LogP contribution in [-0.4, -0.2) is 14.9 Å². The summed E-state index contributed by atoms with van der Waals surface area (Å²) >= 11 is 0. The number of aromatic nitrogens is 2. The molecule has 5 nitrogen and oxygen atoms in total. The Kier molecular flexibility index (Phi) is 2.04. The van der Waals surface area contributed by atoms with Crippen molar-refractivity contribution < 1.29 is 14.0 Å². The van der Waals surface area contributed by atoms with Gasteiger partial charge in [-0.05, 0) is 31.2 Å². The van der Waals surface area contributed by atoms with E-state index in [2.05, 4.69) is 4.98 Å². The number of hydrogen-bond donors (Lipinski definition) is 1. The van der Waals surface area contributed by atoms with E-state index < -0.39 is 0 Å². The van der Waals surface area contributed by atoms with Gasteiger partial charge in [0.25, 0.3) is 0 Å². The maximum atomic E-state index is 10.1. The van der Waals surface area contributed by atoms with Gasteiger partial charge >= 0.3 is 0 Å². The number of imidazole rings is 1. The molecule has 17 heavy (non-hydrogen) atoms. The molecular weight excluding hydrogens is 220 g/mol. The van der Waals surface area contributed by atoms with Crippen LogP contribution in [0, 0.1) is 6.92 Å². The van der Waals surface area contributed by atoms with E-state index in [-0.39, 0.29) is 0 Å². The highest BCUT2D eigenvalue weighted by atomic mass is 16.5. The molecule has 0 aromatic carbocycles. The second-order valence-electron chi connectivity index (χ2n) is 3.64. The second kappa shape index (κ2) is 3.55. The molecule has 0 fully saturated rings. The fourth-order valence-electron chi connectivity index (χ4n) is 1.78. The van der Waals surface area contributed by atoms with Gasteiger partial charge in [0.05, 0.1) is 18.2 Å². The Hall–Kier alpha value is -2.43. The molecular formula is C12H10N2O3. The molecule has 86 valence electrons. The number of rotatable bonds is 2. The first-order valence-corrected chi connectivity index (χ1v) is 5.13. The van der Waals surface area contributed by atoms with Crippen LogP contribution in [0.5, 0.6) is 0 Å². The summed E-state index contributed by atoms with van der Waals surface area (Å²) < 4.78 is 11.5. The average Bonchev–Trinajstić information content (AvgIpc) is 2.99. The van der Waals surface area contributed by atoms with E-state index >= 15 is 0 Å². The molecule has 0 aliphatic carbocycles. The highest BCUT2D eigenvalue weighted by Crippen LogP contribution is 2.28. The Labute approximate surface area is 96.9 Å². The van der Waals surface area contributed by atoms with Gasteiger partial charge in [-0.1, -0.05) is 0 Å². The third-order valence-corrected chi connectivity index (χ3v) is 2.52. The maximum absolute atomic E-state index is 10.1. The molecule has 1 N–H and O–H groups in total. The lowest BCUT2D eigenvalue weighted by Crippen LogP contribution is -1.95. The summed E-state index contributed by atoms with van der Waals surface area (Å²) in [5.74, 6) is 1.43. The van der Waals surface area contributed by atoms with Crippen LogP contribution in [-0.2, 0) is 0 Å². The smallest absolute Gasteiger partial charge is 0.212 e. The van der Waals surface area contributed by atoms with E-state index in [0.29, 0.717) is 28.7 Å². The Morgan fingerprint density at radius 3 is 2.35 bits per heavy atom. The van der Waals surface area contributed by atoms with Gasteiger partial charge in [-0.25, -0.2) is 4.98 Å². The van der Waals surface area contributed by atoms with Crippen LogP contribution in [0.1, 0.15) is 5.69 Å². The third kappa shape index (κ3) is 1.44. The first-order valence-electron chi connectivity index (χ1n) is 5.13. The van der Waals surface area contributed by atoms with Crippen molar-refractivity contribution in [2.75, 3.05) is 0 Å². The largest absolute Gasteiger partial charge is 0.463 e. The molecule has 0 aliphatic heterocycles. The summed E-state index contributed by atoms with van der Waals surface area (Å²) in [4.78, 5) is 4.27. The van der Waals surface area contributed by atoms with Gasteiger partial charge in [0.15, 0.2) is 11.5 Å². The fourth-order valence-corrected chi connectivity index (χ4v) is 1.78. The molecule has 0 amide bonds. The minimum absolute atomic E-state index is 0.360. The zero-order valence-corrected chi connectivity index (χ0v) is 9.12. The summed E-state index contributed by atoms with van der Waals surface area (Å²) in [6.45, 7) is 1.80. The minimum atomic E-state index is 0.360. The molecule has 3 aromatic heterocycles. The summed E-state index contributed by atoms with van der Waals surface area (Å²) in [5, 5.41) is 10.1. The molecule has 0 atom stereocenters. The molecule has 3 aromatic rings. The molecule has 5 heteroatoms. The Morgan fingerprint density at radius 2 is 1.76 bits per heavy atom. The van der Waals surface area contributed by atoms with E-state index in [1.807, 2.05) is 0 Å². The molecule has 0 spiro atoms. The predicted octanol–water partition coefficient (Wildman–Crippen LogP) is 2.95. The maximum Gasteiger partial charge on any atom is 0.212 e. The van der Waals surface area contributed by atoms with E-state index in [9.17, 15) is 5.21 Å². The highest BCUT2D eigenvalue weighted by molar-refractivity contribution is 5.62. The average molecular weight is 230 g/mol. The number of furan rings is 2. The van der Waals surface area contributed by atoms with Gasteiger partial charge in [-0.3, -0.25) is 0 Å². The van der Waals surface area contributed by atoms with Crippen molar-refractivity contribution in [2.45, 2.75) is 6.92 Å². The van der Waals surface area contributed by atoms with Gasteiger partial charge in [0, 0.05) is 0 Å². The Balaban J connectivity index is 2.19. The van der Waals surface area contributed by atoms with Gasteiger partial charge in [-0.15, -0.1) is 0 Å². The van der Waals surface area contributed by atoms with Crippen LogP contribution >= 0.6 is 0 Å². The second-order valence-corrected chi connectivity index (χ2v) is 3.64. The van der Waals surface area contributed by atoms with Crippen molar-refractivity contribution in [3.8, 4) is 23.0 Å². The summed E-state index contributed by atoms with van der Waals surface area (Å²) in [6, 6.07) is 7.00. The van der Waals surface area contributed by atoms with Crippen molar-refractivity contribution in [3.05, 3.63) is 42.5 Å². The van der Waals surface area contributed by atoms with Crippen molar-refractivity contribution in [2.24, 2.45) is 0 Å². The predicted molar refractivity (Wildman–Crippen MR) is 59.6 cm³/mol. The lowest BCUT2D eigenvalue weighted by atomic mass is 10.3. The van der Waals surface area contributed by atoms with Crippen molar-refractivity contribution >= 4 is 0 Å². The molecule has 0 saturated carbocycles. The van der Waals surface area contributed by atoms with Crippen molar-refractivity contribution in [3.63, 3.8) is 0 Å². The quantitative estimate of drug-likeness (QED) is 0.687. The molecule has 0 unspecified atom stereocenters. The zero-order chi connectivity index (χ0) is 11.8. The van der Waals surface area contributed by atoms with Crippen LogP contribution in [0.2, 0.25) is 0 Å². The lowest BCUT2D eigenvalue weighted by molar-refractivity contribution is 0.192. The topological polar surface area (TPSA) is 64.3 Å². The van der Waals surface area contributed by atoms with Gasteiger partial charge < -0.3 is 14.0 Å². The van der Waals surface area contributed by atoms with E-state index in [0.717, 1.165) is 4.73 Å². The molecule has 0 bridgehead atoms. The van der Waals surface area contributed by atoms with Crippen LogP contribution in [0.15, 0.2) is 45.6 Å². The van der Waals surface area contributed by atoms with Gasteiger partial charge in [0.1, 0.15) is 5.69 Å². The zero-order valence-electron chi connectivity index (χ0n) is 9.12. The summed E-state index contributed by atoms with van der Waals surface area (Å²) in [6.07, 6.45) is 3.08. The molecule has 0 radical (unpaired) electrons. The van der Waals surface area contributed by atoms with Crippen molar-refractivity contribution in [1.82, 2.24) is 9.71 Å². The SMILES string of the molecule is Cc1nc(-c2ccco2)n(O)c1-c1ccco1. The molecule has 0 aliphatic rings. The van der Waals surface area contributed by atoms with E-state index in [4.69, 9.17) is 8.83 Å². The van der Waals surface area contributed by atoms with Crippen LogP contribution in [0.4, 0.5) is 0 Å². The number of hydrogen-bond acceptors (Lipinski definition) is 4. The van der Waals surface area contributed by atoms with Crippen LogP contribution in [0.25, 0.3) is 23.0 Å². The third-order valence-electron chi connectivity index (χ3n) is 2.52. The van der Waals surface area contributed by atoms with Gasteiger partial charge in [0.2, 0.25) is 5.82 Å². The lowest BCUT2D eigenvalue weighted by Gasteiger charge is -2.00. The number of aryl methyl sites for hydroxylation is 1. The monoisotopic (exact) mass is 230 g/mol. The van der Waals surface area contributed by atoms with Crippen LogP contribution < -0.4 is 0 Å². The van der Waals surface area contributed by atoms with Crippen molar-refractivity contribution in [1.29, 1.82) is 0 Å². The molecule has 0 saturated heterocycles. The Bertz CT molecular complexity index is 621. The first kappa shape index (κ1) is 9.77. The normalized spacial score (nSPS) is 10.9. The minimum Gasteiger partial charge on any atom is -0.463 e. The molecule has 3 heterocycles. The standard InChI is InChI=1S/C12H10N2O3/c1-8-11(9-4-2-6-16-9)14(15)12(13-8)10-5-3-7-17-10/h2-7,15H,1H3. The van der Waals surface area contributed by atoms with E-state index in [1.165, 1.54) is 6.26 Å². The fraction of sp³-hybridized carbons (Fsp3) is 0.0833. The first-order chi connectivity index (χ1) is 8.27. The summed E-state index contributed by atoms with van der Waals surface area (Å²) in [7, 11) is 0. The Morgan fingerprint density at radius 1 is 1.12 bits per heavy atom. The number of nitrogens with zero attached hydrogens (tertiary/aromatic N) is 2.